The molecule has 1 atom stereocenters. The van der Waals surface area contributed by atoms with Crippen LogP contribution >= 0.6 is 0 Å². The third-order valence-electron chi connectivity index (χ3n) is 5.49. The van der Waals surface area contributed by atoms with E-state index in [-0.39, 0.29) is 18.5 Å². The normalized spacial score (nSPS) is 23.6. The monoisotopic (exact) mass is 371 g/mol. The maximum atomic E-state index is 12.5. The highest BCUT2D eigenvalue weighted by Gasteiger charge is 2.45. The van der Waals surface area contributed by atoms with Crippen LogP contribution in [0.3, 0.4) is 0 Å². The van der Waals surface area contributed by atoms with Crippen molar-refractivity contribution in [1.29, 1.82) is 0 Å². The zero-order chi connectivity index (χ0) is 18.8. The van der Waals surface area contributed by atoms with Gasteiger partial charge < -0.3 is 10.2 Å². The predicted octanol–water partition coefficient (Wildman–Crippen LogP) is 0.414. The van der Waals surface area contributed by atoms with Crippen LogP contribution in [0.5, 0.6) is 0 Å². The molecular weight excluding hydrogens is 346 g/mol. The van der Waals surface area contributed by atoms with Crippen LogP contribution in [0.4, 0.5) is 5.69 Å². The molecule has 0 bridgehead atoms. The first-order valence-corrected chi connectivity index (χ1v) is 9.63. The molecule has 1 aromatic carbocycles. The van der Waals surface area contributed by atoms with Crippen LogP contribution in [0.25, 0.3) is 0 Å². The molecule has 0 radical (unpaired) electrons. The Bertz CT molecular complexity index is 719. The van der Waals surface area contributed by atoms with Crippen molar-refractivity contribution in [3.8, 4) is 0 Å². The summed E-state index contributed by atoms with van der Waals surface area (Å²) in [5, 5.41) is 4.15. The van der Waals surface area contributed by atoms with Gasteiger partial charge in [0.15, 0.2) is 6.29 Å². The van der Waals surface area contributed by atoms with Crippen LogP contribution in [0.1, 0.15) is 32.1 Å². The van der Waals surface area contributed by atoms with E-state index in [1.807, 2.05) is 35.2 Å². The molecule has 27 heavy (non-hydrogen) atoms. The van der Waals surface area contributed by atoms with Gasteiger partial charge in [-0.3, -0.25) is 24.3 Å². The summed E-state index contributed by atoms with van der Waals surface area (Å²) in [6, 6.07) is 9.90. The number of para-hydroxylation sites is 1. The molecule has 8 nitrogen and oxygen atoms in total. The van der Waals surface area contributed by atoms with Crippen molar-refractivity contribution in [3.05, 3.63) is 30.3 Å². The third-order valence-corrected chi connectivity index (χ3v) is 5.49. The van der Waals surface area contributed by atoms with Crippen molar-refractivity contribution in [1.82, 2.24) is 20.7 Å². The molecule has 1 aliphatic carbocycles. The summed E-state index contributed by atoms with van der Waals surface area (Å²) < 4.78 is 0. The summed E-state index contributed by atoms with van der Waals surface area (Å²) in [6.07, 6.45) is 4.94. The Morgan fingerprint density at radius 2 is 1.70 bits per heavy atom. The van der Waals surface area contributed by atoms with E-state index in [4.69, 9.17) is 0 Å². The molecular formula is C19H25N5O3. The lowest BCUT2D eigenvalue weighted by Gasteiger charge is -2.40. The molecule has 3 aliphatic rings. The predicted molar refractivity (Wildman–Crippen MR) is 99.2 cm³/mol. The van der Waals surface area contributed by atoms with E-state index >= 15 is 0 Å². The Balaban J connectivity index is 1.43. The number of benzene rings is 1. The first kappa shape index (κ1) is 17.8. The minimum atomic E-state index is -0.681. The highest BCUT2D eigenvalue weighted by Crippen LogP contribution is 2.24. The SMILES string of the molecule is O=C(CN1NC2N(CCN2c2ccccc2)C(=O)C1=O)NC1CCCCC1. The van der Waals surface area contributed by atoms with Gasteiger partial charge >= 0.3 is 11.8 Å². The molecule has 3 amide bonds. The van der Waals surface area contributed by atoms with Crippen molar-refractivity contribution in [2.75, 3.05) is 24.5 Å². The molecule has 4 rings (SSSR count). The Labute approximate surface area is 158 Å². The van der Waals surface area contributed by atoms with E-state index in [9.17, 15) is 14.4 Å². The molecule has 0 spiro atoms. The van der Waals surface area contributed by atoms with E-state index < -0.39 is 18.1 Å². The average Bonchev–Trinajstić information content (AvgIpc) is 3.11. The van der Waals surface area contributed by atoms with E-state index in [2.05, 4.69) is 10.7 Å². The maximum absolute atomic E-state index is 12.5. The second kappa shape index (κ2) is 7.56. The fraction of sp³-hybridized carbons (Fsp3) is 0.526. The van der Waals surface area contributed by atoms with E-state index in [1.54, 1.807) is 0 Å². The first-order chi connectivity index (χ1) is 13.1. The molecule has 2 aliphatic heterocycles. The van der Waals surface area contributed by atoms with Gasteiger partial charge in [-0.1, -0.05) is 37.5 Å². The molecule has 1 saturated carbocycles. The van der Waals surface area contributed by atoms with Gasteiger partial charge in [0, 0.05) is 24.8 Å². The molecule has 144 valence electrons. The van der Waals surface area contributed by atoms with Crippen LogP contribution in [0.15, 0.2) is 30.3 Å². The molecule has 3 fully saturated rings. The van der Waals surface area contributed by atoms with Crippen molar-refractivity contribution in [2.45, 2.75) is 44.4 Å². The van der Waals surface area contributed by atoms with Gasteiger partial charge in [0.2, 0.25) is 5.91 Å². The third kappa shape index (κ3) is 3.62. The first-order valence-electron chi connectivity index (χ1n) is 9.63. The number of amides is 3. The molecule has 1 unspecified atom stereocenters. The lowest BCUT2D eigenvalue weighted by atomic mass is 9.95. The van der Waals surface area contributed by atoms with Crippen molar-refractivity contribution in [3.63, 3.8) is 0 Å². The summed E-state index contributed by atoms with van der Waals surface area (Å²) in [5.41, 5.74) is 4.03. The zero-order valence-electron chi connectivity index (χ0n) is 15.3. The van der Waals surface area contributed by atoms with E-state index in [0.29, 0.717) is 13.1 Å². The maximum Gasteiger partial charge on any atom is 0.326 e. The number of fused-ring (bicyclic) bond motifs is 1. The van der Waals surface area contributed by atoms with Gasteiger partial charge in [-0.25, -0.2) is 0 Å². The molecule has 2 heterocycles. The van der Waals surface area contributed by atoms with Gasteiger partial charge in [0.25, 0.3) is 0 Å². The fourth-order valence-corrected chi connectivity index (χ4v) is 4.09. The zero-order valence-corrected chi connectivity index (χ0v) is 15.3. The Hall–Kier alpha value is -2.61. The van der Waals surface area contributed by atoms with Gasteiger partial charge in [-0.2, -0.15) is 5.43 Å². The largest absolute Gasteiger partial charge is 0.352 e. The summed E-state index contributed by atoms with van der Waals surface area (Å²) in [7, 11) is 0. The highest BCUT2D eigenvalue weighted by molar-refractivity contribution is 6.35. The number of nitrogens with zero attached hydrogens (tertiary/aromatic N) is 3. The second-order valence-electron chi connectivity index (χ2n) is 7.32. The summed E-state index contributed by atoms with van der Waals surface area (Å²) in [6.45, 7) is 0.941. The Morgan fingerprint density at radius 1 is 1.00 bits per heavy atom. The summed E-state index contributed by atoms with van der Waals surface area (Å²) >= 11 is 0. The number of nitrogens with one attached hydrogen (secondary N) is 2. The Morgan fingerprint density at radius 3 is 2.44 bits per heavy atom. The summed E-state index contributed by atoms with van der Waals surface area (Å²) in [5.74, 6) is -1.48. The highest BCUT2D eigenvalue weighted by atomic mass is 16.2. The van der Waals surface area contributed by atoms with Crippen LogP contribution in [0.2, 0.25) is 0 Å². The second-order valence-corrected chi connectivity index (χ2v) is 7.32. The number of rotatable bonds is 4. The average molecular weight is 371 g/mol. The minimum absolute atomic E-state index is 0.159. The van der Waals surface area contributed by atoms with E-state index in [1.165, 1.54) is 11.3 Å². The molecule has 1 aromatic rings. The Kier molecular flexibility index (Phi) is 4.98. The fourth-order valence-electron chi connectivity index (χ4n) is 4.09. The topological polar surface area (TPSA) is 85.0 Å². The molecule has 8 heteroatoms. The quantitative estimate of drug-likeness (QED) is 0.749. The molecule has 0 aromatic heterocycles. The number of hydrazine groups is 1. The lowest BCUT2D eigenvalue weighted by Crippen LogP contribution is -2.68. The van der Waals surface area contributed by atoms with Crippen LogP contribution < -0.4 is 15.6 Å². The minimum Gasteiger partial charge on any atom is -0.352 e. The van der Waals surface area contributed by atoms with Gasteiger partial charge in [0.1, 0.15) is 6.54 Å². The number of hydrogen-bond donors (Lipinski definition) is 2. The van der Waals surface area contributed by atoms with Crippen molar-refractivity contribution >= 4 is 23.4 Å². The molecule has 2 N–H and O–H groups in total. The standard InChI is InChI=1S/C19H25N5O3/c25-16(20-14-7-3-1-4-8-14)13-24-18(27)17(26)23-12-11-22(19(23)21-24)15-9-5-2-6-10-15/h2,5-6,9-10,14,19,21H,1,3-4,7-8,11-13H2,(H,20,25). The molecule has 2 saturated heterocycles. The number of anilines is 1. The summed E-state index contributed by atoms with van der Waals surface area (Å²) in [4.78, 5) is 40.8. The van der Waals surface area contributed by atoms with Crippen LogP contribution in [-0.4, -0.2) is 59.6 Å². The lowest BCUT2D eigenvalue weighted by molar-refractivity contribution is -0.163. The van der Waals surface area contributed by atoms with Gasteiger partial charge in [-0.15, -0.1) is 0 Å². The smallest absolute Gasteiger partial charge is 0.326 e. The number of carbonyl (C=O) groups excluding carboxylic acids is 3. The van der Waals surface area contributed by atoms with Gasteiger partial charge in [-0.05, 0) is 25.0 Å². The number of carbonyl (C=O) groups is 3. The van der Waals surface area contributed by atoms with Crippen molar-refractivity contribution in [2.24, 2.45) is 0 Å². The number of hydrogen-bond acceptors (Lipinski definition) is 5. The van der Waals surface area contributed by atoms with Gasteiger partial charge in [0.05, 0.1) is 0 Å². The van der Waals surface area contributed by atoms with Crippen LogP contribution in [-0.2, 0) is 14.4 Å². The van der Waals surface area contributed by atoms with Crippen molar-refractivity contribution < 1.29 is 14.4 Å². The van der Waals surface area contributed by atoms with Crippen LogP contribution in [0, 0.1) is 0 Å². The van der Waals surface area contributed by atoms with E-state index in [0.717, 1.165) is 36.4 Å².